The van der Waals surface area contributed by atoms with Crippen LogP contribution in [-0.4, -0.2) is 48.8 Å². The number of hydrogen-bond donors (Lipinski definition) is 0. The number of methoxy groups -OCH3 is 2. The van der Waals surface area contributed by atoms with Crippen molar-refractivity contribution in [1.82, 2.24) is 9.55 Å². The second kappa shape index (κ2) is 10.3. The Bertz CT molecular complexity index is 1430. The SMILES string of the molecule is CCOC(=O)C1C(=O)N(CCc2ccccc2)c2nc3ccccc3n2C1c1ccc(OC)c(OC)c1. The van der Waals surface area contributed by atoms with E-state index in [0.29, 0.717) is 30.4 Å². The molecule has 2 unspecified atom stereocenters. The Balaban J connectivity index is 1.69. The van der Waals surface area contributed by atoms with Gasteiger partial charge in [0.2, 0.25) is 11.9 Å². The van der Waals surface area contributed by atoms with E-state index in [0.717, 1.165) is 22.2 Å². The first-order valence-corrected chi connectivity index (χ1v) is 12.3. The maximum Gasteiger partial charge on any atom is 0.321 e. The fourth-order valence-electron chi connectivity index (χ4n) is 4.98. The molecule has 0 aliphatic carbocycles. The van der Waals surface area contributed by atoms with E-state index < -0.39 is 17.9 Å². The summed E-state index contributed by atoms with van der Waals surface area (Å²) >= 11 is 0. The highest BCUT2D eigenvalue weighted by Gasteiger charge is 2.48. The number of amides is 1. The summed E-state index contributed by atoms with van der Waals surface area (Å²) in [4.78, 5) is 33.9. The van der Waals surface area contributed by atoms with Gasteiger partial charge in [0.1, 0.15) is 0 Å². The van der Waals surface area contributed by atoms with Crippen LogP contribution in [-0.2, 0) is 20.7 Å². The van der Waals surface area contributed by atoms with Crippen LogP contribution in [0.3, 0.4) is 0 Å². The Morgan fingerprint density at radius 2 is 1.68 bits per heavy atom. The minimum absolute atomic E-state index is 0.169. The number of anilines is 1. The molecule has 4 aromatic rings. The number of fused-ring (bicyclic) bond motifs is 3. The van der Waals surface area contributed by atoms with Gasteiger partial charge in [-0.2, -0.15) is 0 Å². The molecule has 2 atom stereocenters. The van der Waals surface area contributed by atoms with Gasteiger partial charge in [-0.05, 0) is 48.7 Å². The monoisotopic (exact) mass is 499 g/mol. The highest BCUT2D eigenvalue weighted by molar-refractivity contribution is 6.08. The molecular formula is C29H29N3O5. The molecule has 0 saturated heterocycles. The zero-order valence-electron chi connectivity index (χ0n) is 21.1. The number of nitrogens with zero attached hydrogens (tertiary/aromatic N) is 3. The largest absolute Gasteiger partial charge is 0.493 e. The topological polar surface area (TPSA) is 82.9 Å². The standard InChI is InChI=1S/C29H29N3O5/c1-4-37-28(34)25-26(20-14-15-23(35-2)24(18-20)36-3)32-22-13-9-8-12-21(22)30-29(32)31(27(25)33)17-16-19-10-6-5-7-11-19/h5-15,18,25-26H,4,16-17H2,1-3H3. The van der Waals surface area contributed by atoms with E-state index in [-0.39, 0.29) is 12.5 Å². The zero-order valence-corrected chi connectivity index (χ0v) is 21.1. The molecule has 0 fully saturated rings. The lowest BCUT2D eigenvalue weighted by molar-refractivity contribution is -0.153. The number of hydrogen-bond acceptors (Lipinski definition) is 6. The molecule has 2 heterocycles. The molecule has 0 spiro atoms. The average molecular weight is 500 g/mol. The van der Waals surface area contributed by atoms with E-state index in [2.05, 4.69) is 0 Å². The molecular weight excluding hydrogens is 470 g/mol. The van der Waals surface area contributed by atoms with Crippen LogP contribution in [0.25, 0.3) is 11.0 Å². The van der Waals surface area contributed by atoms with Gasteiger partial charge in [-0.1, -0.05) is 48.5 Å². The van der Waals surface area contributed by atoms with Crippen LogP contribution >= 0.6 is 0 Å². The first-order valence-electron chi connectivity index (χ1n) is 12.3. The lowest BCUT2D eigenvalue weighted by atomic mass is 9.89. The summed E-state index contributed by atoms with van der Waals surface area (Å²) in [6, 6.07) is 22.4. The second-order valence-electron chi connectivity index (χ2n) is 8.78. The molecule has 5 rings (SSSR count). The molecule has 1 aliphatic heterocycles. The minimum Gasteiger partial charge on any atom is -0.493 e. The lowest BCUT2D eigenvalue weighted by Crippen LogP contribution is -2.50. The van der Waals surface area contributed by atoms with Crippen molar-refractivity contribution in [2.45, 2.75) is 19.4 Å². The van der Waals surface area contributed by atoms with Gasteiger partial charge in [-0.3, -0.25) is 14.5 Å². The van der Waals surface area contributed by atoms with Crippen LogP contribution in [0.4, 0.5) is 5.95 Å². The number of rotatable bonds is 8. The van der Waals surface area contributed by atoms with Crippen molar-refractivity contribution in [2.24, 2.45) is 5.92 Å². The minimum atomic E-state index is -1.10. The van der Waals surface area contributed by atoms with E-state index in [9.17, 15) is 9.59 Å². The lowest BCUT2D eigenvalue weighted by Gasteiger charge is -2.38. The van der Waals surface area contributed by atoms with Crippen LogP contribution in [0, 0.1) is 5.92 Å². The Kier molecular flexibility index (Phi) is 6.81. The van der Waals surface area contributed by atoms with Crippen molar-refractivity contribution in [3.63, 3.8) is 0 Å². The Morgan fingerprint density at radius 1 is 0.946 bits per heavy atom. The van der Waals surface area contributed by atoms with Crippen LogP contribution in [0.1, 0.15) is 24.1 Å². The molecule has 37 heavy (non-hydrogen) atoms. The molecule has 3 aromatic carbocycles. The summed E-state index contributed by atoms with van der Waals surface area (Å²) in [5, 5.41) is 0. The molecule has 1 aliphatic rings. The van der Waals surface area contributed by atoms with Crippen LogP contribution in [0.5, 0.6) is 11.5 Å². The van der Waals surface area contributed by atoms with Crippen molar-refractivity contribution in [3.05, 3.63) is 83.9 Å². The number of para-hydroxylation sites is 2. The van der Waals surface area contributed by atoms with Crippen molar-refractivity contribution in [1.29, 1.82) is 0 Å². The van der Waals surface area contributed by atoms with Gasteiger partial charge in [0.25, 0.3) is 0 Å². The number of benzene rings is 3. The molecule has 8 heteroatoms. The quantitative estimate of drug-likeness (QED) is 0.264. The fraction of sp³-hybridized carbons (Fsp3) is 0.276. The summed E-state index contributed by atoms with van der Waals surface area (Å²) in [7, 11) is 3.12. The molecule has 0 N–H and O–H groups in total. The second-order valence-corrected chi connectivity index (χ2v) is 8.78. The van der Waals surface area contributed by atoms with Gasteiger partial charge in [-0.15, -0.1) is 0 Å². The number of esters is 1. The first kappa shape index (κ1) is 24.4. The predicted octanol–water partition coefficient (Wildman–Crippen LogP) is 4.41. The maximum atomic E-state index is 14.1. The summed E-state index contributed by atoms with van der Waals surface area (Å²) in [6.07, 6.45) is 0.617. The van der Waals surface area contributed by atoms with Gasteiger partial charge >= 0.3 is 5.97 Å². The third-order valence-electron chi connectivity index (χ3n) is 6.70. The van der Waals surface area contributed by atoms with Gasteiger partial charge in [0.15, 0.2) is 17.4 Å². The molecule has 8 nitrogen and oxygen atoms in total. The highest BCUT2D eigenvalue weighted by atomic mass is 16.5. The number of carbonyl (C=O) groups is 2. The van der Waals surface area contributed by atoms with E-state index in [1.54, 1.807) is 38.2 Å². The summed E-state index contributed by atoms with van der Waals surface area (Å²) in [5.74, 6) is -0.437. The third kappa shape index (κ3) is 4.39. The van der Waals surface area contributed by atoms with E-state index in [1.165, 1.54) is 0 Å². The number of ether oxygens (including phenoxy) is 3. The van der Waals surface area contributed by atoms with Gasteiger partial charge in [-0.25, -0.2) is 4.98 Å². The molecule has 1 aromatic heterocycles. The van der Waals surface area contributed by atoms with Crippen molar-refractivity contribution in [2.75, 3.05) is 32.3 Å². The summed E-state index contributed by atoms with van der Waals surface area (Å²) in [6.45, 7) is 2.28. The van der Waals surface area contributed by atoms with E-state index in [4.69, 9.17) is 19.2 Å². The number of carbonyl (C=O) groups excluding carboxylic acids is 2. The normalized spacial score (nSPS) is 16.9. The zero-order chi connectivity index (χ0) is 25.9. The van der Waals surface area contributed by atoms with Gasteiger partial charge in [0, 0.05) is 6.54 Å². The summed E-state index contributed by atoms with van der Waals surface area (Å²) < 4.78 is 18.4. The van der Waals surface area contributed by atoms with Gasteiger partial charge in [0.05, 0.1) is 37.9 Å². The molecule has 0 bridgehead atoms. The molecule has 190 valence electrons. The highest BCUT2D eigenvalue weighted by Crippen LogP contribution is 2.43. The van der Waals surface area contributed by atoms with Gasteiger partial charge < -0.3 is 18.8 Å². The Morgan fingerprint density at radius 3 is 2.41 bits per heavy atom. The molecule has 0 saturated carbocycles. The molecule has 0 radical (unpaired) electrons. The average Bonchev–Trinajstić information content (AvgIpc) is 3.31. The van der Waals surface area contributed by atoms with E-state index in [1.807, 2.05) is 65.2 Å². The van der Waals surface area contributed by atoms with Crippen LogP contribution in [0.2, 0.25) is 0 Å². The van der Waals surface area contributed by atoms with E-state index >= 15 is 0 Å². The smallest absolute Gasteiger partial charge is 0.321 e. The van der Waals surface area contributed by atoms with Crippen molar-refractivity contribution < 1.29 is 23.8 Å². The van der Waals surface area contributed by atoms with Crippen molar-refractivity contribution >= 4 is 28.9 Å². The molecule has 1 amide bonds. The van der Waals surface area contributed by atoms with Crippen LogP contribution < -0.4 is 14.4 Å². The summed E-state index contributed by atoms with van der Waals surface area (Å²) in [5.41, 5.74) is 3.37. The maximum absolute atomic E-state index is 14.1. The van der Waals surface area contributed by atoms with Crippen molar-refractivity contribution in [3.8, 4) is 11.5 Å². The number of aromatic nitrogens is 2. The number of imidazole rings is 1. The third-order valence-corrected chi connectivity index (χ3v) is 6.70. The Hall–Kier alpha value is -4.33. The fourth-order valence-corrected chi connectivity index (χ4v) is 4.98. The van der Waals surface area contributed by atoms with Crippen LogP contribution in [0.15, 0.2) is 72.8 Å². The Labute approximate surface area is 215 Å². The first-order chi connectivity index (χ1) is 18.1. The predicted molar refractivity (Wildman–Crippen MR) is 140 cm³/mol.